The van der Waals surface area contributed by atoms with Crippen molar-refractivity contribution >= 4 is 44.2 Å². The molecule has 8 heteroatoms. The van der Waals surface area contributed by atoms with Gasteiger partial charge in [-0.3, -0.25) is 4.79 Å². The van der Waals surface area contributed by atoms with E-state index in [4.69, 9.17) is 16.0 Å². The second-order valence-electron chi connectivity index (χ2n) is 5.84. The van der Waals surface area contributed by atoms with E-state index in [2.05, 4.69) is 10.0 Å². The van der Waals surface area contributed by atoms with Gasteiger partial charge in [0.1, 0.15) is 5.58 Å². The van der Waals surface area contributed by atoms with Gasteiger partial charge in [-0.05, 0) is 56.8 Å². The highest BCUT2D eigenvalue weighted by Gasteiger charge is 2.20. The number of hydrogen-bond acceptors (Lipinski definition) is 4. The number of carbonyl (C=O) groups is 1. The second-order valence-corrected chi connectivity index (χ2v) is 8.13. The van der Waals surface area contributed by atoms with Crippen LogP contribution in [0.25, 0.3) is 11.0 Å². The Kier molecular flexibility index (Phi) is 4.79. The molecule has 3 aromatic rings. The molecule has 0 bridgehead atoms. The third kappa shape index (κ3) is 3.33. The summed E-state index contributed by atoms with van der Waals surface area (Å²) >= 11 is 5.99. The molecule has 0 unspecified atom stereocenters. The molecule has 2 N–H and O–H groups in total. The minimum absolute atomic E-state index is 0.103. The van der Waals surface area contributed by atoms with Crippen molar-refractivity contribution in [2.45, 2.75) is 18.7 Å². The number of anilines is 1. The zero-order valence-electron chi connectivity index (χ0n) is 14.4. The van der Waals surface area contributed by atoms with Crippen LogP contribution in [-0.2, 0) is 10.0 Å². The zero-order valence-corrected chi connectivity index (χ0v) is 16.0. The van der Waals surface area contributed by atoms with E-state index in [1.165, 1.54) is 13.1 Å². The molecule has 0 aliphatic heterocycles. The number of aryl methyl sites for hydroxylation is 2. The maximum absolute atomic E-state index is 12.6. The minimum atomic E-state index is -3.62. The Morgan fingerprint density at radius 3 is 2.54 bits per heavy atom. The van der Waals surface area contributed by atoms with E-state index in [1.807, 2.05) is 0 Å². The number of furan rings is 1. The summed E-state index contributed by atoms with van der Waals surface area (Å²) in [6.07, 6.45) is 0. The molecular formula is C18H17ClN2O4S. The predicted octanol–water partition coefficient (Wildman–Crippen LogP) is 3.86. The summed E-state index contributed by atoms with van der Waals surface area (Å²) in [6.45, 7) is 3.45. The number of hydrogen-bond donors (Lipinski definition) is 2. The van der Waals surface area contributed by atoms with Crippen molar-refractivity contribution in [2.24, 2.45) is 0 Å². The first-order valence-corrected chi connectivity index (χ1v) is 9.63. The normalized spacial score (nSPS) is 11.7. The molecule has 2 aromatic carbocycles. The number of sulfonamides is 1. The van der Waals surface area contributed by atoms with Gasteiger partial charge in [-0.15, -0.1) is 0 Å². The van der Waals surface area contributed by atoms with Crippen LogP contribution in [0.15, 0.2) is 45.7 Å². The minimum Gasteiger partial charge on any atom is -0.451 e. The second kappa shape index (κ2) is 6.75. The fourth-order valence-electron chi connectivity index (χ4n) is 2.67. The van der Waals surface area contributed by atoms with Gasteiger partial charge in [-0.2, -0.15) is 0 Å². The molecule has 0 atom stereocenters. The fraction of sp³-hybridized carbons (Fsp3) is 0.167. The number of amides is 1. The van der Waals surface area contributed by atoms with Crippen molar-refractivity contribution in [3.05, 3.63) is 58.3 Å². The molecule has 3 rings (SSSR count). The topological polar surface area (TPSA) is 88.4 Å². The summed E-state index contributed by atoms with van der Waals surface area (Å²) < 4.78 is 32.1. The molecule has 1 aromatic heterocycles. The lowest BCUT2D eigenvalue weighted by Gasteiger charge is -2.10. The van der Waals surface area contributed by atoms with Crippen LogP contribution in [0.1, 0.15) is 21.7 Å². The Labute approximate surface area is 156 Å². The maximum atomic E-state index is 12.6. The monoisotopic (exact) mass is 392 g/mol. The SMILES string of the molecule is CNS(=O)(=O)c1cc(NC(=O)c2oc3ccc(Cl)cc3c2C)ccc1C. The highest BCUT2D eigenvalue weighted by molar-refractivity contribution is 7.89. The van der Waals surface area contributed by atoms with Gasteiger partial charge >= 0.3 is 0 Å². The van der Waals surface area contributed by atoms with Gasteiger partial charge in [0.2, 0.25) is 10.0 Å². The molecule has 0 spiro atoms. The molecule has 26 heavy (non-hydrogen) atoms. The van der Waals surface area contributed by atoms with Crippen molar-refractivity contribution in [1.29, 1.82) is 0 Å². The van der Waals surface area contributed by atoms with Gasteiger partial charge in [0, 0.05) is 21.7 Å². The number of halogens is 1. The van der Waals surface area contributed by atoms with Gasteiger partial charge in [0.15, 0.2) is 5.76 Å². The lowest BCUT2D eigenvalue weighted by molar-refractivity contribution is 0.0998. The first kappa shape index (κ1) is 18.4. The van der Waals surface area contributed by atoms with Crippen LogP contribution in [0.3, 0.4) is 0 Å². The maximum Gasteiger partial charge on any atom is 0.291 e. The van der Waals surface area contributed by atoms with Gasteiger partial charge in [-0.25, -0.2) is 13.1 Å². The van der Waals surface area contributed by atoms with Crippen molar-refractivity contribution in [3.8, 4) is 0 Å². The summed E-state index contributed by atoms with van der Waals surface area (Å²) in [5.74, 6) is -0.313. The van der Waals surface area contributed by atoms with E-state index in [-0.39, 0.29) is 10.7 Å². The van der Waals surface area contributed by atoms with Gasteiger partial charge in [0.25, 0.3) is 5.91 Å². The average Bonchev–Trinajstić information content (AvgIpc) is 2.93. The third-order valence-electron chi connectivity index (χ3n) is 4.11. The van der Waals surface area contributed by atoms with Crippen LogP contribution >= 0.6 is 11.6 Å². The van der Waals surface area contributed by atoms with E-state index >= 15 is 0 Å². The van der Waals surface area contributed by atoms with Crippen molar-refractivity contribution in [1.82, 2.24) is 4.72 Å². The van der Waals surface area contributed by atoms with Gasteiger partial charge in [-0.1, -0.05) is 17.7 Å². The Bertz CT molecular complexity index is 1120. The molecule has 1 heterocycles. The van der Waals surface area contributed by atoms with E-state index in [0.717, 1.165) is 5.39 Å². The third-order valence-corrected chi connectivity index (χ3v) is 5.90. The number of rotatable bonds is 4. The van der Waals surface area contributed by atoms with E-state index in [1.54, 1.807) is 44.2 Å². The Morgan fingerprint density at radius 1 is 1.12 bits per heavy atom. The standard InChI is InChI=1S/C18H17ClN2O4S/c1-10-4-6-13(9-16(10)26(23,24)20-3)21-18(22)17-11(2)14-8-12(19)5-7-15(14)25-17/h4-9,20H,1-3H3,(H,21,22). The molecule has 0 aliphatic carbocycles. The summed E-state index contributed by atoms with van der Waals surface area (Å²) in [7, 11) is -2.29. The van der Waals surface area contributed by atoms with Crippen LogP contribution in [-0.4, -0.2) is 21.4 Å². The lowest BCUT2D eigenvalue weighted by Crippen LogP contribution is -2.20. The summed E-state index contributed by atoms with van der Waals surface area (Å²) in [5.41, 5.74) is 2.15. The molecular weight excluding hydrogens is 376 g/mol. The largest absolute Gasteiger partial charge is 0.451 e. The molecule has 6 nitrogen and oxygen atoms in total. The number of nitrogens with one attached hydrogen (secondary N) is 2. The van der Waals surface area contributed by atoms with Crippen LogP contribution < -0.4 is 10.0 Å². The smallest absolute Gasteiger partial charge is 0.291 e. The first-order valence-electron chi connectivity index (χ1n) is 7.77. The molecule has 136 valence electrons. The molecule has 0 saturated heterocycles. The number of fused-ring (bicyclic) bond motifs is 1. The molecule has 1 amide bonds. The van der Waals surface area contributed by atoms with Crippen LogP contribution in [0.2, 0.25) is 5.02 Å². The van der Waals surface area contributed by atoms with E-state index in [9.17, 15) is 13.2 Å². The highest BCUT2D eigenvalue weighted by Crippen LogP contribution is 2.29. The molecule has 0 fully saturated rings. The quantitative estimate of drug-likeness (QED) is 0.705. The Balaban J connectivity index is 1.96. The highest BCUT2D eigenvalue weighted by atomic mass is 35.5. The van der Waals surface area contributed by atoms with E-state index in [0.29, 0.717) is 27.4 Å². The van der Waals surface area contributed by atoms with Crippen molar-refractivity contribution in [3.63, 3.8) is 0 Å². The Morgan fingerprint density at radius 2 is 1.85 bits per heavy atom. The van der Waals surface area contributed by atoms with Crippen LogP contribution in [0, 0.1) is 13.8 Å². The summed E-state index contributed by atoms with van der Waals surface area (Å²) in [4.78, 5) is 12.7. The van der Waals surface area contributed by atoms with Crippen molar-refractivity contribution in [2.75, 3.05) is 12.4 Å². The summed E-state index contributed by atoms with van der Waals surface area (Å²) in [5, 5.41) is 3.98. The van der Waals surface area contributed by atoms with Crippen LogP contribution in [0.5, 0.6) is 0 Å². The fourth-order valence-corrected chi connectivity index (χ4v) is 3.84. The summed E-state index contributed by atoms with van der Waals surface area (Å²) in [6, 6.07) is 9.79. The molecule has 0 aliphatic rings. The van der Waals surface area contributed by atoms with Crippen molar-refractivity contribution < 1.29 is 17.6 Å². The zero-order chi connectivity index (χ0) is 19.1. The van der Waals surface area contributed by atoms with Gasteiger partial charge < -0.3 is 9.73 Å². The number of benzene rings is 2. The van der Waals surface area contributed by atoms with E-state index < -0.39 is 15.9 Å². The number of carbonyl (C=O) groups excluding carboxylic acids is 1. The van der Waals surface area contributed by atoms with Crippen LogP contribution in [0.4, 0.5) is 5.69 Å². The lowest BCUT2D eigenvalue weighted by atomic mass is 10.1. The van der Waals surface area contributed by atoms with Gasteiger partial charge in [0.05, 0.1) is 4.90 Å². The average molecular weight is 393 g/mol. The first-order chi connectivity index (χ1) is 12.2. The predicted molar refractivity (Wildman–Crippen MR) is 101 cm³/mol. The molecule has 0 saturated carbocycles. The Hall–Kier alpha value is -2.35. The molecule has 0 radical (unpaired) electrons.